The average Bonchev–Trinajstić information content (AvgIpc) is 3.08. The zero-order valence-corrected chi connectivity index (χ0v) is 19.5. The van der Waals surface area contributed by atoms with Gasteiger partial charge in [-0.05, 0) is 82.1 Å². The van der Waals surface area contributed by atoms with Crippen LogP contribution in [-0.2, 0) is 0 Å². The number of benzene rings is 2. The molecule has 0 spiro atoms. The van der Waals surface area contributed by atoms with Gasteiger partial charge in [0.2, 0.25) is 0 Å². The van der Waals surface area contributed by atoms with Crippen molar-refractivity contribution in [2.45, 2.75) is 32.1 Å². The quantitative estimate of drug-likeness (QED) is 0.437. The molecule has 1 heterocycles. The standard InChI is InChI=1S/C23H29N3OS2/c1-6-28-20-11-8-7-10-18(20)22(27)26(13-9-12-25(4)5)23-24-19-14-16(2)17(3)15-21(19)29-23/h7-8,10-11,14-15H,6,9,12-13H2,1-5H3. The van der Waals surface area contributed by atoms with Crippen molar-refractivity contribution < 1.29 is 4.79 Å². The fraction of sp³-hybridized carbons (Fsp3) is 0.391. The van der Waals surface area contributed by atoms with Crippen LogP contribution in [0.25, 0.3) is 10.2 Å². The largest absolute Gasteiger partial charge is 0.309 e. The molecule has 0 atom stereocenters. The number of thioether (sulfide) groups is 1. The highest BCUT2D eigenvalue weighted by Gasteiger charge is 2.23. The van der Waals surface area contributed by atoms with Gasteiger partial charge in [0.25, 0.3) is 5.91 Å². The van der Waals surface area contributed by atoms with Crippen LogP contribution in [-0.4, -0.2) is 48.7 Å². The number of aryl methyl sites for hydroxylation is 2. The number of nitrogens with zero attached hydrogens (tertiary/aromatic N) is 3. The number of amides is 1. The molecule has 0 aliphatic rings. The third kappa shape index (κ3) is 5.18. The molecule has 2 aromatic carbocycles. The van der Waals surface area contributed by atoms with Crippen molar-refractivity contribution in [3.05, 3.63) is 53.1 Å². The van der Waals surface area contributed by atoms with Crippen LogP contribution in [0.1, 0.15) is 34.8 Å². The van der Waals surface area contributed by atoms with E-state index in [2.05, 4.69) is 51.9 Å². The summed E-state index contributed by atoms with van der Waals surface area (Å²) in [5.41, 5.74) is 4.21. The summed E-state index contributed by atoms with van der Waals surface area (Å²) >= 11 is 3.31. The summed E-state index contributed by atoms with van der Waals surface area (Å²) < 4.78 is 1.13. The second kappa shape index (κ2) is 9.74. The SMILES string of the molecule is CCSc1ccccc1C(=O)N(CCCN(C)C)c1nc2cc(C)c(C)cc2s1. The predicted molar refractivity (Wildman–Crippen MR) is 127 cm³/mol. The van der Waals surface area contributed by atoms with Crippen molar-refractivity contribution >= 4 is 44.4 Å². The Morgan fingerprint density at radius 2 is 1.83 bits per heavy atom. The number of carbonyl (C=O) groups excluding carboxylic acids is 1. The molecule has 3 rings (SSSR count). The fourth-order valence-electron chi connectivity index (χ4n) is 3.18. The molecule has 154 valence electrons. The summed E-state index contributed by atoms with van der Waals surface area (Å²) in [4.78, 5) is 23.5. The molecule has 0 N–H and O–H groups in total. The molecular weight excluding hydrogens is 398 g/mol. The number of carbonyl (C=O) groups is 1. The molecule has 1 aromatic heterocycles. The van der Waals surface area contributed by atoms with E-state index < -0.39 is 0 Å². The Morgan fingerprint density at radius 3 is 2.55 bits per heavy atom. The van der Waals surface area contributed by atoms with E-state index in [1.54, 1.807) is 23.1 Å². The third-order valence-corrected chi connectivity index (χ3v) is 6.87. The summed E-state index contributed by atoms with van der Waals surface area (Å²) in [5.74, 6) is 0.970. The molecule has 0 saturated heterocycles. The van der Waals surface area contributed by atoms with Gasteiger partial charge in [0.1, 0.15) is 0 Å². The Kier molecular flexibility index (Phi) is 7.33. The lowest BCUT2D eigenvalue weighted by molar-refractivity contribution is 0.0983. The highest BCUT2D eigenvalue weighted by Crippen LogP contribution is 2.33. The van der Waals surface area contributed by atoms with Gasteiger partial charge < -0.3 is 4.90 Å². The molecule has 3 aromatic rings. The number of fused-ring (bicyclic) bond motifs is 1. The number of hydrogen-bond acceptors (Lipinski definition) is 5. The van der Waals surface area contributed by atoms with Crippen molar-refractivity contribution in [1.29, 1.82) is 0 Å². The van der Waals surface area contributed by atoms with Crippen LogP contribution >= 0.6 is 23.1 Å². The van der Waals surface area contributed by atoms with E-state index in [0.29, 0.717) is 6.54 Å². The lowest BCUT2D eigenvalue weighted by Crippen LogP contribution is -2.33. The van der Waals surface area contributed by atoms with Gasteiger partial charge in [-0.1, -0.05) is 30.4 Å². The Labute approximate surface area is 181 Å². The van der Waals surface area contributed by atoms with E-state index in [1.165, 1.54) is 11.1 Å². The summed E-state index contributed by atoms with van der Waals surface area (Å²) in [7, 11) is 4.12. The fourth-order valence-corrected chi connectivity index (χ4v) is 5.05. The number of thiazole rings is 1. The van der Waals surface area contributed by atoms with Crippen molar-refractivity contribution in [2.75, 3.05) is 37.8 Å². The lowest BCUT2D eigenvalue weighted by atomic mass is 10.1. The first-order valence-corrected chi connectivity index (χ1v) is 11.8. The Morgan fingerprint density at radius 1 is 1.10 bits per heavy atom. The van der Waals surface area contributed by atoms with Crippen LogP contribution in [0, 0.1) is 13.8 Å². The molecule has 0 aliphatic heterocycles. The summed E-state index contributed by atoms with van der Waals surface area (Å²) in [5, 5.41) is 0.782. The molecule has 0 fully saturated rings. The van der Waals surface area contributed by atoms with E-state index in [1.807, 2.05) is 29.2 Å². The van der Waals surface area contributed by atoms with E-state index in [4.69, 9.17) is 4.98 Å². The number of anilines is 1. The Bertz CT molecular complexity index is 958. The van der Waals surface area contributed by atoms with Gasteiger partial charge in [-0.3, -0.25) is 9.69 Å². The first-order chi connectivity index (χ1) is 13.9. The van der Waals surface area contributed by atoms with Crippen LogP contribution in [0.3, 0.4) is 0 Å². The topological polar surface area (TPSA) is 36.4 Å². The smallest absolute Gasteiger partial charge is 0.261 e. The van der Waals surface area contributed by atoms with Gasteiger partial charge in [-0.2, -0.15) is 0 Å². The average molecular weight is 428 g/mol. The second-order valence-electron chi connectivity index (χ2n) is 7.44. The van der Waals surface area contributed by atoms with Crippen molar-refractivity contribution in [3.63, 3.8) is 0 Å². The molecule has 29 heavy (non-hydrogen) atoms. The van der Waals surface area contributed by atoms with Crippen molar-refractivity contribution in [3.8, 4) is 0 Å². The Balaban J connectivity index is 1.99. The van der Waals surface area contributed by atoms with Gasteiger partial charge in [-0.25, -0.2) is 4.98 Å². The highest BCUT2D eigenvalue weighted by atomic mass is 32.2. The van der Waals surface area contributed by atoms with E-state index in [0.717, 1.165) is 44.5 Å². The maximum atomic E-state index is 13.6. The van der Waals surface area contributed by atoms with Crippen LogP contribution in [0.5, 0.6) is 0 Å². The monoisotopic (exact) mass is 427 g/mol. The normalized spacial score (nSPS) is 11.4. The molecule has 0 aliphatic carbocycles. The molecule has 0 radical (unpaired) electrons. The van der Waals surface area contributed by atoms with Gasteiger partial charge >= 0.3 is 0 Å². The number of hydrogen-bond donors (Lipinski definition) is 0. The zero-order valence-electron chi connectivity index (χ0n) is 17.9. The first-order valence-electron chi connectivity index (χ1n) is 9.97. The van der Waals surface area contributed by atoms with Gasteiger partial charge in [0.05, 0.1) is 15.8 Å². The molecule has 1 amide bonds. The van der Waals surface area contributed by atoms with Gasteiger partial charge in [-0.15, -0.1) is 11.8 Å². The summed E-state index contributed by atoms with van der Waals surface area (Å²) in [6.45, 7) is 7.91. The van der Waals surface area contributed by atoms with E-state index in [-0.39, 0.29) is 5.91 Å². The van der Waals surface area contributed by atoms with Crippen LogP contribution in [0.4, 0.5) is 5.13 Å². The van der Waals surface area contributed by atoms with Crippen LogP contribution in [0.15, 0.2) is 41.3 Å². The van der Waals surface area contributed by atoms with E-state index >= 15 is 0 Å². The van der Waals surface area contributed by atoms with Crippen molar-refractivity contribution in [2.24, 2.45) is 0 Å². The molecule has 0 saturated carbocycles. The van der Waals surface area contributed by atoms with E-state index in [9.17, 15) is 4.79 Å². The summed E-state index contributed by atoms with van der Waals surface area (Å²) in [6, 6.07) is 12.2. The molecular formula is C23H29N3OS2. The second-order valence-corrected chi connectivity index (χ2v) is 9.76. The number of rotatable bonds is 8. The minimum absolute atomic E-state index is 0.0350. The molecule has 4 nitrogen and oxygen atoms in total. The first kappa shape index (κ1) is 21.8. The third-order valence-electron chi connectivity index (χ3n) is 4.87. The minimum atomic E-state index is 0.0350. The number of aromatic nitrogens is 1. The highest BCUT2D eigenvalue weighted by molar-refractivity contribution is 7.99. The molecule has 0 bridgehead atoms. The lowest BCUT2D eigenvalue weighted by Gasteiger charge is -2.22. The predicted octanol–water partition coefficient (Wildman–Crippen LogP) is 5.62. The van der Waals surface area contributed by atoms with Crippen LogP contribution < -0.4 is 4.90 Å². The zero-order chi connectivity index (χ0) is 21.0. The Hall–Kier alpha value is -1.89. The summed E-state index contributed by atoms with van der Waals surface area (Å²) in [6.07, 6.45) is 0.899. The van der Waals surface area contributed by atoms with Crippen molar-refractivity contribution in [1.82, 2.24) is 9.88 Å². The maximum Gasteiger partial charge on any atom is 0.261 e. The van der Waals surface area contributed by atoms with Gasteiger partial charge in [0.15, 0.2) is 5.13 Å². The van der Waals surface area contributed by atoms with Crippen LogP contribution in [0.2, 0.25) is 0 Å². The minimum Gasteiger partial charge on any atom is -0.309 e. The molecule has 6 heteroatoms. The maximum absolute atomic E-state index is 13.6. The molecule has 0 unspecified atom stereocenters. The van der Waals surface area contributed by atoms with Gasteiger partial charge in [0, 0.05) is 11.4 Å².